The van der Waals surface area contributed by atoms with Crippen molar-refractivity contribution < 1.29 is 28.3 Å². The molecular formula is C26H34N4O6. The summed E-state index contributed by atoms with van der Waals surface area (Å²) in [6, 6.07) is 6.77. The highest BCUT2D eigenvalue weighted by molar-refractivity contribution is 6.00. The highest BCUT2D eigenvalue weighted by Crippen LogP contribution is 2.21. The predicted molar refractivity (Wildman–Crippen MR) is 131 cm³/mol. The molecule has 36 heavy (non-hydrogen) atoms. The Morgan fingerprint density at radius 1 is 1.06 bits per heavy atom. The second kappa shape index (κ2) is 12.3. The van der Waals surface area contributed by atoms with Crippen LogP contribution in [0, 0.1) is 11.8 Å². The molecule has 3 atom stereocenters. The van der Waals surface area contributed by atoms with Crippen molar-refractivity contribution in [3.05, 3.63) is 54.2 Å². The maximum absolute atomic E-state index is 13.4. The van der Waals surface area contributed by atoms with E-state index in [0.717, 1.165) is 5.56 Å². The molecule has 2 heterocycles. The number of oxazole rings is 1. The summed E-state index contributed by atoms with van der Waals surface area (Å²) in [5.74, 6) is -1.74. The number of ketones is 1. The molecule has 0 radical (unpaired) electrons. The summed E-state index contributed by atoms with van der Waals surface area (Å²) in [6.45, 7) is 7.70. The third-order valence-electron chi connectivity index (χ3n) is 6.15. The third kappa shape index (κ3) is 6.71. The Labute approximate surface area is 210 Å². The van der Waals surface area contributed by atoms with Crippen LogP contribution in [-0.4, -0.2) is 58.2 Å². The third-order valence-corrected chi connectivity index (χ3v) is 6.15. The van der Waals surface area contributed by atoms with Crippen LogP contribution in [0.4, 0.5) is 4.79 Å². The Balaban J connectivity index is 1.65. The maximum atomic E-state index is 13.4. The van der Waals surface area contributed by atoms with Gasteiger partial charge in [0.2, 0.25) is 17.6 Å². The van der Waals surface area contributed by atoms with Gasteiger partial charge in [0.15, 0.2) is 0 Å². The van der Waals surface area contributed by atoms with Gasteiger partial charge in [-0.1, -0.05) is 58.0 Å². The number of rotatable bonds is 10. The van der Waals surface area contributed by atoms with E-state index in [1.54, 1.807) is 0 Å². The van der Waals surface area contributed by atoms with Gasteiger partial charge < -0.3 is 24.7 Å². The van der Waals surface area contributed by atoms with Crippen LogP contribution >= 0.6 is 0 Å². The van der Waals surface area contributed by atoms with Gasteiger partial charge in [-0.05, 0) is 30.2 Å². The lowest BCUT2D eigenvalue weighted by molar-refractivity contribution is -0.141. The van der Waals surface area contributed by atoms with Crippen molar-refractivity contribution in [2.75, 3.05) is 6.54 Å². The zero-order valence-corrected chi connectivity index (χ0v) is 21.1. The number of benzene rings is 1. The SMILES string of the molecule is CC(C)C(NC(=O)C1CCCN1C(=O)C(NC(=O)OCc1ccccc1)C(C)C)C(=O)c1ncco1. The van der Waals surface area contributed by atoms with Gasteiger partial charge in [-0.25, -0.2) is 9.78 Å². The molecule has 1 saturated heterocycles. The molecule has 3 amide bonds. The number of nitrogens with one attached hydrogen (secondary N) is 2. The van der Waals surface area contributed by atoms with Crippen molar-refractivity contribution in [3.8, 4) is 0 Å². The van der Waals surface area contributed by atoms with E-state index in [1.807, 2.05) is 58.0 Å². The van der Waals surface area contributed by atoms with E-state index >= 15 is 0 Å². The van der Waals surface area contributed by atoms with Gasteiger partial charge in [0.25, 0.3) is 5.89 Å². The van der Waals surface area contributed by atoms with Gasteiger partial charge in [-0.3, -0.25) is 14.4 Å². The Morgan fingerprint density at radius 2 is 1.75 bits per heavy atom. The molecule has 0 aliphatic carbocycles. The largest absolute Gasteiger partial charge is 0.445 e. The molecule has 0 saturated carbocycles. The van der Waals surface area contributed by atoms with E-state index in [1.165, 1.54) is 17.4 Å². The van der Waals surface area contributed by atoms with Crippen LogP contribution in [0.15, 0.2) is 47.2 Å². The number of nitrogens with zero attached hydrogens (tertiary/aromatic N) is 2. The van der Waals surface area contributed by atoms with Gasteiger partial charge in [-0.15, -0.1) is 0 Å². The highest BCUT2D eigenvalue weighted by atomic mass is 16.5. The minimum Gasteiger partial charge on any atom is -0.445 e. The first-order valence-corrected chi connectivity index (χ1v) is 12.2. The fourth-order valence-corrected chi connectivity index (χ4v) is 4.15. The van der Waals surface area contributed by atoms with Gasteiger partial charge >= 0.3 is 6.09 Å². The molecule has 3 rings (SSSR count). The number of carbonyl (C=O) groups excluding carboxylic acids is 4. The molecule has 1 aliphatic rings. The zero-order valence-electron chi connectivity index (χ0n) is 21.1. The molecule has 1 aliphatic heterocycles. The first-order chi connectivity index (χ1) is 17.2. The van der Waals surface area contributed by atoms with E-state index in [9.17, 15) is 19.2 Å². The van der Waals surface area contributed by atoms with Crippen LogP contribution in [0.2, 0.25) is 0 Å². The topological polar surface area (TPSA) is 131 Å². The summed E-state index contributed by atoms with van der Waals surface area (Å²) in [6.07, 6.45) is 3.05. The average molecular weight is 499 g/mol. The molecule has 194 valence electrons. The normalized spacial score (nSPS) is 17.1. The summed E-state index contributed by atoms with van der Waals surface area (Å²) in [4.78, 5) is 57.2. The van der Waals surface area contributed by atoms with Crippen molar-refractivity contribution >= 4 is 23.7 Å². The minimum absolute atomic E-state index is 0.0774. The van der Waals surface area contributed by atoms with Crippen molar-refractivity contribution in [2.45, 2.75) is 65.3 Å². The minimum atomic E-state index is -0.864. The van der Waals surface area contributed by atoms with Gasteiger partial charge in [0, 0.05) is 6.54 Å². The van der Waals surface area contributed by atoms with Crippen LogP contribution in [0.5, 0.6) is 0 Å². The summed E-state index contributed by atoms with van der Waals surface area (Å²) in [5.41, 5.74) is 0.829. The van der Waals surface area contributed by atoms with Crippen LogP contribution < -0.4 is 10.6 Å². The molecule has 2 N–H and O–H groups in total. The Bertz CT molecular complexity index is 1040. The molecule has 1 aromatic heterocycles. The highest BCUT2D eigenvalue weighted by Gasteiger charge is 2.40. The average Bonchev–Trinajstić information content (AvgIpc) is 3.56. The van der Waals surface area contributed by atoms with Crippen LogP contribution in [0.1, 0.15) is 56.8 Å². The molecule has 10 nitrogen and oxygen atoms in total. The van der Waals surface area contributed by atoms with Crippen LogP contribution in [0.25, 0.3) is 0 Å². The number of hydrogen-bond donors (Lipinski definition) is 2. The maximum Gasteiger partial charge on any atom is 0.408 e. The smallest absolute Gasteiger partial charge is 0.408 e. The number of hydrogen-bond acceptors (Lipinski definition) is 7. The van der Waals surface area contributed by atoms with Crippen LogP contribution in [-0.2, 0) is 20.9 Å². The van der Waals surface area contributed by atoms with Gasteiger partial charge in [0.05, 0.1) is 12.2 Å². The summed E-state index contributed by atoms with van der Waals surface area (Å²) >= 11 is 0. The fraction of sp³-hybridized carbons (Fsp3) is 0.500. The lowest BCUT2D eigenvalue weighted by atomic mass is 9.98. The van der Waals surface area contributed by atoms with E-state index in [-0.39, 0.29) is 30.2 Å². The molecular weight excluding hydrogens is 464 g/mol. The Morgan fingerprint density at radius 3 is 2.36 bits per heavy atom. The first kappa shape index (κ1) is 26.9. The summed E-state index contributed by atoms with van der Waals surface area (Å²) in [5, 5.41) is 5.44. The van der Waals surface area contributed by atoms with Crippen molar-refractivity contribution in [3.63, 3.8) is 0 Å². The van der Waals surface area contributed by atoms with E-state index in [4.69, 9.17) is 9.15 Å². The first-order valence-electron chi connectivity index (χ1n) is 12.2. The number of alkyl carbamates (subject to hydrolysis) is 1. The summed E-state index contributed by atoms with van der Waals surface area (Å²) < 4.78 is 10.4. The molecule has 0 spiro atoms. The molecule has 3 unspecified atom stereocenters. The second-order valence-electron chi connectivity index (χ2n) is 9.55. The van der Waals surface area contributed by atoms with E-state index < -0.39 is 35.9 Å². The summed E-state index contributed by atoms with van der Waals surface area (Å²) in [7, 11) is 0. The number of aromatic nitrogens is 1. The van der Waals surface area contributed by atoms with Crippen molar-refractivity contribution in [1.82, 2.24) is 20.5 Å². The predicted octanol–water partition coefficient (Wildman–Crippen LogP) is 2.94. The quantitative estimate of drug-likeness (QED) is 0.482. The number of ether oxygens (including phenoxy) is 1. The molecule has 1 fully saturated rings. The van der Waals surface area contributed by atoms with E-state index in [2.05, 4.69) is 15.6 Å². The van der Waals surface area contributed by atoms with Gasteiger partial charge in [-0.2, -0.15) is 0 Å². The zero-order chi connectivity index (χ0) is 26.2. The van der Waals surface area contributed by atoms with Crippen molar-refractivity contribution in [2.24, 2.45) is 11.8 Å². The number of likely N-dealkylation sites (tertiary alicyclic amines) is 1. The molecule has 0 bridgehead atoms. The van der Waals surface area contributed by atoms with Gasteiger partial charge in [0.1, 0.15) is 25.0 Å². The van der Waals surface area contributed by atoms with Crippen LogP contribution in [0.3, 0.4) is 0 Å². The second-order valence-corrected chi connectivity index (χ2v) is 9.55. The molecule has 1 aromatic carbocycles. The standard InChI is InChI=1S/C26H34N4O6/c1-16(2)20(22(31)24-27-12-14-35-24)28-23(32)19-11-8-13-30(19)25(33)21(17(3)4)29-26(34)36-15-18-9-6-5-7-10-18/h5-7,9-10,12,14,16-17,19-21H,8,11,13,15H2,1-4H3,(H,28,32)(H,29,34). The number of amides is 3. The van der Waals surface area contributed by atoms with E-state index in [0.29, 0.717) is 19.4 Å². The fourth-order valence-electron chi connectivity index (χ4n) is 4.15. The Hall–Kier alpha value is -3.69. The molecule has 2 aromatic rings. The Kier molecular flexibility index (Phi) is 9.21. The number of carbonyl (C=O) groups is 4. The lowest BCUT2D eigenvalue weighted by Gasteiger charge is -2.31. The van der Waals surface area contributed by atoms with Crippen molar-refractivity contribution in [1.29, 1.82) is 0 Å². The number of Topliss-reactive ketones (excluding diaryl/α,β-unsaturated/α-hetero) is 1. The monoisotopic (exact) mass is 498 g/mol. The lowest BCUT2D eigenvalue weighted by Crippen LogP contribution is -2.57. The molecule has 10 heteroatoms.